The fraction of sp³-hybridized carbons (Fsp3) is 0.538. The molecule has 0 radical (unpaired) electrons. The number of β-amino-alcohol motifs (C(OH)–C–C–N with tert-alkyl or cyclic N) is 1. The van der Waals surface area contributed by atoms with Crippen LogP contribution in [0, 0.1) is 6.92 Å². The Kier molecular flexibility index (Phi) is 3.17. The van der Waals surface area contributed by atoms with Gasteiger partial charge in [0, 0.05) is 6.54 Å². The lowest BCUT2D eigenvalue weighted by Gasteiger charge is -2.34. The predicted octanol–water partition coefficient (Wildman–Crippen LogP) is 1.57. The van der Waals surface area contributed by atoms with Crippen LogP contribution >= 0.6 is 0 Å². The van der Waals surface area contributed by atoms with Crippen molar-refractivity contribution in [2.24, 2.45) is 0 Å². The third kappa shape index (κ3) is 2.06. The zero-order valence-corrected chi connectivity index (χ0v) is 9.92. The van der Waals surface area contributed by atoms with E-state index in [1.54, 1.807) is 7.11 Å². The highest BCUT2D eigenvalue weighted by atomic mass is 16.5. The highest BCUT2D eigenvalue weighted by molar-refractivity contribution is 5.38. The molecule has 0 spiro atoms. The first-order valence-electron chi connectivity index (χ1n) is 5.74. The minimum absolute atomic E-state index is 0.639. The zero-order chi connectivity index (χ0) is 11.6. The molecule has 2 rings (SSSR count). The van der Waals surface area contributed by atoms with E-state index in [9.17, 15) is 5.11 Å². The van der Waals surface area contributed by atoms with Gasteiger partial charge in [-0.2, -0.15) is 0 Å². The van der Waals surface area contributed by atoms with Gasteiger partial charge in [-0.1, -0.05) is 6.07 Å². The Labute approximate surface area is 96.4 Å². The van der Waals surface area contributed by atoms with Gasteiger partial charge in [0.05, 0.1) is 7.11 Å². The monoisotopic (exact) mass is 221 g/mol. The summed E-state index contributed by atoms with van der Waals surface area (Å²) in [5.41, 5.74) is 1.39. The van der Waals surface area contributed by atoms with Crippen molar-refractivity contribution in [3.05, 3.63) is 29.3 Å². The maximum Gasteiger partial charge on any atom is 0.119 e. The first-order chi connectivity index (χ1) is 7.65. The topological polar surface area (TPSA) is 41.5 Å². The third-order valence-corrected chi connectivity index (χ3v) is 3.30. The van der Waals surface area contributed by atoms with Crippen molar-refractivity contribution >= 4 is 0 Å². The smallest absolute Gasteiger partial charge is 0.119 e. The Morgan fingerprint density at radius 1 is 1.44 bits per heavy atom. The SMILES string of the molecule is COc1ccc(C2(O)CCCNC2)c(C)c1. The van der Waals surface area contributed by atoms with Crippen LogP contribution in [-0.4, -0.2) is 25.3 Å². The Morgan fingerprint density at radius 2 is 2.25 bits per heavy atom. The van der Waals surface area contributed by atoms with E-state index < -0.39 is 5.60 Å². The van der Waals surface area contributed by atoms with E-state index in [0.29, 0.717) is 6.54 Å². The number of hydrogen-bond donors (Lipinski definition) is 2. The number of aryl methyl sites for hydroxylation is 1. The number of piperidine rings is 1. The maximum absolute atomic E-state index is 10.6. The second-order valence-electron chi connectivity index (χ2n) is 4.49. The lowest BCUT2D eigenvalue weighted by Crippen LogP contribution is -2.43. The molecular formula is C13H19NO2. The van der Waals surface area contributed by atoms with Crippen molar-refractivity contribution in [3.8, 4) is 5.75 Å². The number of rotatable bonds is 2. The number of benzene rings is 1. The minimum atomic E-state index is -0.714. The molecule has 3 heteroatoms. The Balaban J connectivity index is 2.32. The molecular weight excluding hydrogens is 202 g/mol. The molecule has 1 atom stereocenters. The summed E-state index contributed by atoms with van der Waals surface area (Å²) in [6.07, 6.45) is 1.84. The fourth-order valence-corrected chi connectivity index (χ4v) is 2.40. The van der Waals surface area contributed by atoms with Gasteiger partial charge >= 0.3 is 0 Å². The number of methoxy groups -OCH3 is 1. The van der Waals surface area contributed by atoms with Gasteiger partial charge in [0.25, 0.3) is 0 Å². The van der Waals surface area contributed by atoms with Crippen LogP contribution in [0.15, 0.2) is 18.2 Å². The molecule has 0 aromatic heterocycles. The molecule has 88 valence electrons. The van der Waals surface area contributed by atoms with Crippen LogP contribution in [0.3, 0.4) is 0 Å². The van der Waals surface area contributed by atoms with Crippen LogP contribution in [0.4, 0.5) is 0 Å². The molecule has 16 heavy (non-hydrogen) atoms. The molecule has 1 aliphatic rings. The number of aliphatic hydroxyl groups is 1. The molecule has 2 N–H and O–H groups in total. The van der Waals surface area contributed by atoms with Crippen LogP contribution in [0.2, 0.25) is 0 Å². The fourth-order valence-electron chi connectivity index (χ4n) is 2.40. The average Bonchev–Trinajstić information content (AvgIpc) is 2.29. The summed E-state index contributed by atoms with van der Waals surface area (Å²) in [5, 5.41) is 13.8. The molecule has 1 aromatic carbocycles. The third-order valence-electron chi connectivity index (χ3n) is 3.30. The van der Waals surface area contributed by atoms with Crippen molar-refractivity contribution in [3.63, 3.8) is 0 Å². The van der Waals surface area contributed by atoms with Crippen molar-refractivity contribution in [2.75, 3.05) is 20.2 Å². The summed E-state index contributed by atoms with van der Waals surface area (Å²) in [7, 11) is 1.66. The lowest BCUT2D eigenvalue weighted by molar-refractivity contribution is 0.0117. The van der Waals surface area contributed by atoms with E-state index in [2.05, 4.69) is 5.32 Å². The molecule has 0 aliphatic carbocycles. The van der Waals surface area contributed by atoms with Gasteiger partial charge in [0.2, 0.25) is 0 Å². The Morgan fingerprint density at radius 3 is 2.81 bits per heavy atom. The quantitative estimate of drug-likeness (QED) is 0.796. The largest absolute Gasteiger partial charge is 0.497 e. The van der Waals surface area contributed by atoms with Crippen LogP contribution in [0.1, 0.15) is 24.0 Å². The van der Waals surface area contributed by atoms with Crippen molar-refractivity contribution < 1.29 is 9.84 Å². The van der Waals surface area contributed by atoms with Crippen LogP contribution in [-0.2, 0) is 5.60 Å². The van der Waals surface area contributed by atoms with Gasteiger partial charge < -0.3 is 15.2 Å². The molecule has 1 saturated heterocycles. The molecule has 0 bridgehead atoms. The van der Waals surface area contributed by atoms with E-state index in [1.165, 1.54) is 0 Å². The Hall–Kier alpha value is -1.06. The van der Waals surface area contributed by atoms with Gasteiger partial charge in [-0.15, -0.1) is 0 Å². The highest BCUT2D eigenvalue weighted by Gasteiger charge is 2.32. The summed E-state index contributed by atoms with van der Waals surface area (Å²) in [4.78, 5) is 0. The molecule has 3 nitrogen and oxygen atoms in total. The lowest BCUT2D eigenvalue weighted by atomic mass is 9.84. The molecule has 1 aromatic rings. The van der Waals surface area contributed by atoms with E-state index in [0.717, 1.165) is 36.3 Å². The summed E-state index contributed by atoms with van der Waals surface area (Å²) in [5.74, 6) is 0.841. The van der Waals surface area contributed by atoms with Gasteiger partial charge in [-0.25, -0.2) is 0 Å². The van der Waals surface area contributed by atoms with Crippen LogP contribution in [0.5, 0.6) is 5.75 Å². The minimum Gasteiger partial charge on any atom is -0.497 e. The number of hydrogen-bond acceptors (Lipinski definition) is 3. The number of ether oxygens (including phenoxy) is 1. The predicted molar refractivity (Wildman–Crippen MR) is 63.7 cm³/mol. The number of nitrogens with one attached hydrogen (secondary N) is 1. The normalized spacial score (nSPS) is 25.4. The summed E-state index contributed by atoms with van der Waals surface area (Å²) < 4.78 is 5.17. The first-order valence-corrected chi connectivity index (χ1v) is 5.74. The molecule has 1 unspecified atom stereocenters. The molecule has 1 heterocycles. The van der Waals surface area contributed by atoms with Crippen molar-refractivity contribution in [1.29, 1.82) is 0 Å². The summed E-state index contributed by atoms with van der Waals surface area (Å²) >= 11 is 0. The molecule has 0 saturated carbocycles. The average molecular weight is 221 g/mol. The van der Waals surface area contributed by atoms with E-state index in [1.807, 2.05) is 25.1 Å². The van der Waals surface area contributed by atoms with Gasteiger partial charge in [0.1, 0.15) is 11.4 Å². The first kappa shape index (κ1) is 11.4. The van der Waals surface area contributed by atoms with Gasteiger partial charge in [-0.05, 0) is 49.6 Å². The van der Waals surface area contributed by atoms with Crippen molar-refractivity contribution in [2.45, 2.75) is 25.4 Å². The van der Waals surface area contributed by atoms with Crippen LogP contribution < -0.4 is 10.1 Å². The van der Waals surface area contributed by atoms with E-state index in [4.69, 9.17) is 4.74 Å². The Bertz CT molecular complexity index is 370. The van der Waals surface area contributed by atoms with E-state index >= 15 is 0 Å². The van der Waals surface area contributed by atoms with E-state index in [-0.39, 0.29) is 0 Å². The maximum atomic E-state index is 10.6. The van der Waals surface area contributed by atoms with Gasteiger partial charge in [0.15, 0.2) is 0 Å². The second kappa shape index (κ2) is 4.44. The molecule has 1 fully saturated rings. The molecule has 1 aliphatic heterocycles. The second-order valence-corrected chi connectivity index (χ2v) is 4.49. The van der Waals surface area contributed by atoms with Gasteiger partial charge in [-0.3, -0.25) is 0 Å². The van der Waals surface area contributed by atoms with Crippen LogP contribution in [0.25, 0.3) is 0 Å². The molecule has 0 amide bonds. The highest BCUT2D eigenvalue weighted by Crippen LogP contribution is 2.32. The standard InChI is InChI=1S/C13H19NO2/c1-10-8-11(16-2)4-5-12(10)13(15)6-3-7-14-9-13/h4-5,8,14-15H,3,6-7,9H2,1-2H3. The summed E-state index contributed by atoms with van der Waals surface area (Å²) in [6.45, 7) is 3.65. The van der Waals surface area contributed by atoms with Crippen molar-refractivity contribution in [1.82, 2.24) is 5.32 Å². The summed E-state index contributed by atoms with van der Waals surface area (Å²) in [6, 6.07) is 5.86. The zero-order valence-electron chi connectivity index (χ0n) is 9.92.